The van der Waals surface area contributed by atoms with Crippen molar-refractivity contribution in [3.8, 4) is 28.4 Å². The van der Waals surface area contributed by atoms with E-state index in [-0.39, 0.29) is 18.3 Å². The number of methoxy groups -OCH3 is 2. The highest BCUT2D eigenvalue weighted by Crippen LogP contribution is 2.40. The summed E-state index contributed by atoms with van der Waals surface area (Å²) in [5.41, 5.74) is 4.00. The minimum Gasteiger partial charge on any atom is -0.493 e. The predicted molar refractivity (Wildman–Crippen MR) is 128 cm³/mol. The molecule has 0 atom stereocenters. The maximum atomic E-state index is 12.9. The number of aliphatic hydroxyl groups is 1. The van der Waals surface area contributed by atoms with Gasteiger partial charge in [0.05, 0.1) is 25.6 Å². The number of ether oxygens (including phenoxy) is 2. The van der Waals surface area contributed by atoms with Crippen molar-refractivity contribution in [3.63, 3.8) is 0 Å². The standard InChI is InChI=1S/C26H30N2O5/c1-17-14-21(18(2)30)24(19-10-6-5-7-11-19)28(17)22-15-20(16-23(32-3)25(22)33-4)26(31)27-12-8-9-13-29/h5-7,10-11,14-16,29H,8-9,12-13H2,1-4H3,(H,27,31). The Balaban J connectivity index is 2.22. The van der Waals surface area contributed by atoms with Crippen LogP contribution in [0.15, 0.2) is 48.5 Å². The van der Waals surface area contributed by atoms with Gasteiger partial charge in [-0.1, -0.05) is 30.3 Å². The van der Waals surface area contributed by atoms with Crippen molar-refractivity contribution >= 4 is 11.7 Å². The maximum absolute atomic E-state index is 12.9. The number of aryl methyl sites for hydroxylation is 1. The molecule has 0 bridgehead atoms. The highest BCUT2D eigenvalue weighted by atomic mass is 16.5. The number of Topliss-reactive ketones (excluding diaryl/α,β-unsaturated/α-hetero) is 1. The fourth-order valence-electron chi connectivity index (χ4n) is 3.88. The van der Waals surface area contributed by atoms with Crippen molar-refractivity contribution in [3.05, 3.63) is 65.4 Å². The number of benzene rings is 2. The molecule has 0 radical (unpaired) electrons. The molecule has 0 fully saturated rings. The minimum atomic E-state index is -0.256. The van der Waals surface area contributed by atoms with E-state index in [1.54, 1.807) is 26.2 Å². The number of unbranched alkanes of at least 4 members (excludes halogenated alkanes) is 1. The number of aromatic nitrogens is 1. The lowest BCUT2D eigenvalue weighted by Crippen LogP contribution is -2.25. The molecule has 0 unspecified atom stereocenters. The number of carbonyl (C=O) groups excluding carboxylic acids is 2. The Kier molecular flexibility index (Phi) is 7.90. The lowest BCUT2D eigenvalue weighted by atomic mass is 10.0. The van der Waals surface area contributed by atoms with Crippen molar-refractivity contribution in [2.24, 2.45) is 0 Å². The predicted octanol–water partition coefficient (Wildman–Crippen LogP) is 4.17. The van der Waals surface area contributed by atoms with E-state index in [2.05, 4.69) is 5.32 Å². The van der Waals surface area contributed by atoms with E-state index in [9.17, 15) is 9.59 Å². The summed E-state index contributed by atoms with van der Waals surface area (Å²) in [6.07, 6.45) is 1.30. The monoisotopic (exact) mass is 450 g/mol. The number of aliphatic hydroxyl groups excluding tert-OH is 1. The number of ketones is 1. The molecule has 3 aromatic rings. The Bertz CT molecular complexity index is 1140. The number of nitrogens with zero attached hydrogens (tertiary/aromatic N) is 1. The van der Waals surface area contributed by atoms with Gasteiger partial charge in [0.25, 0.3) is 5.91 Å². The first-order chi connectivity index (χ1) is 15.9. The molecule has 2 N–H and O–H groups in total. The largest absolute Gasteiger partial charge is 0.493 e. The van der Waals surface area contributed by atoms with Crippen LogP contribution in [0.2, 0.25) is 0 Å². The Labute approximate surface area is 194 Å². The zero-order valence-corrected chi connectivity index (χ0v) is 19.5. The van der Waals surface area contributed by atoms with E-state index < -0.39 is 0 Å². The van der Waals surface area contributed by atoms with Crippen LogP contribution in [0.1, 0.15) is 46.2 Å². The smallest absolute Gasteiger partial charge is 0.251 e. The van der Waals surface area contributed by atoms with Crippen LogP contribution in [0, 0.1) is 6.92 Å². The van der Waals surface area contributed by atoms with Crippen LogP contribution in [0.25, 0.3) is 16.9 Å². The first-order valence-corrected chi connectivity index (χ1v) is 10.9. The average molecular weight is 451 g/mol. The van der Waals surface area contributed by atoms with Crippen molar-refractivity contribution in [2.45, 2.75) is 26.7 Å². The van der Waals surface area contributed by atoms with Crippen LogP contribution in [0.3, 0.4) is 0 Å². The molecule has 0 spiro atoms. The van der Waals surface area contributed by atoms with Crippen LogP contribution in [0.5, 0.6) is 11.5 Å². The summed E-state index contributed by atoms with van der Waals surface area (Å²) < 4.78 is 13.2. The third-order valence-corrected chi connectivity index (χ3v) is 5.44. The Morgan fingerprint density at radius 1 is 1.03 bits per heavy atom. The van der Waals surface area contributed by atoms with Crippen LogP contribution in [-0.4, -0.2) is 48.7 Å². The molecule has 0 aliphatic carbocycles. The van der Waals surface area contributed by atoms with Crippen LogP contribution >= 0.6 is 0 Å². The maximum Gasteiger partial charge on any atom is 0.251 e. The average Bonchev–Trinajstić information content (AvgIpc) is 3.18. The summed E-state index contributed by atoms with van der Waals surface area (Å²) in [6.45, 7) is 3.99. The molecule has 2 aromatic carbocycles. The van der Waals surface area contributed by atoms with Gasteiger partial charge in [0.1, 0.15) is 0 Å². The number of amides is 1. The van der Waals surface area contributed by atoms with E-state index in [1.165, 1.54) is 7.11 Å². The van der Waals surface area contributed by atoms with Gasteiger partial charge < -0.3 is 24.5 Å². The Morgan fingerprint density at radius 3 is 2.36 bits per heavy atom. The fraction of sp³-hybridized carbons (Fsp3) is 0.308. The van der Waals surface area contributed by atoms with Gasteiger partial charge >= 0.3 is 0 Å². The fourth-order valence-corrected chi connectivity index (χ4v) is 3.88. The summed E-state index contributed by atoms with van der Waals surface area (Å²) in [5.74, 6) is 0.555. The summed E-state index contributed by atoms with van der Waals surface area (Å²) in [4.78, 5) is 25.4. The lowest BCUT2D eigenvalue weighted by molar-refractivity contribution is 0.0950. The van der Waals surface area contributed by atoms with Gasteiger partial charge in [0, 0.05) is 30.0 Å². The number of hydrogen-bond acceptors (Lipinski definition) is 5. The third-order valence-electron chi connectivity index (χ3n) is 5.44. The summed E-state index contributed by atoms with van der Waals surface area (Å²) in [5, 5.41) is 11.8. The van der Waals surface area contributed by atoms with E-state index >= 15 is 0 Å². The van der Waals surface area contributed by atoms with E-state index in [4.69, 9.17) is 14.6 Å². The zero-order chi connectivity index (χ0) is 24.0. The molecule has 174 valence electrons. The molecule has 0 aliphatic heterocycles. The van der Waals surface area contributed by atoms with Gasteiger partial charge in [0.15, 0.2) is 17.3 Å². The minimum absolute atomic E-state index is 0.0561. The molecule has 0 saturated heterocycles. The van der Waals surface area contributed by atoms with Crippen molar-refractivity contribution in [1.82, 2.24) is 9.88 Å². The van der Waals surface area contributed by atoms with E-state index in [0.717, 1.165) is 17.0 Å². The van der Waals surface area contributed by atoms with Crippen LogP contribution in [-0.2, 0) is 0 Å². The van der Waals surface area contributed by atoms with E-state index in [1.807, 2.05) is 47.9 Å². The third kappa shape index (κ3) is 5.09. The molecular weight excluding hydrogens is 420 g/mol. The SMILES string of the molecule is COc1cc(C(=O)NCCCCO)cc(-n2c(C)cc(C(C)=O)c2-c2ccccc2)c1OC. The molecule has 7 heteroatoms. The molecule has 33 heavy (non-hydrogen) atoms. The van der Waals surface area contributed by atoms with Gasteiger partial charge in [-0.15, -0.1) is 0 Å². The molecule has 1 aromatic heterocycles. The summed E-state index contributed by atoms with van der Waals surface area (Å²) in [6, 6.07) is 14.9. The second-order valence-electron chi connectivity index (χ2n) is 7.72. The highest BCUT2D eigenvalue weighted by Gasteiger charge is 2.24. The normalized spacial score (nSPS) is 10.7. The molecular formula is C26H30N2O5. The van der Waals surface area contributed by atoms with Gasteiger partial charge in [-0.25, -0.2) is 0 Å². The highest BCUT2D eigenvalue weighted by molar-refractivity contribution is 6.01. The van der Waals surface area contributed by atoms with Gasteiger partial charge in [0.2, 0.25) is 0 Å². The summed E-state index contributed by atoms with van der Waals surface area (Å²) in [7, 11) is 3.06. The van der Waals surface area contributed by atoms with Crippen LogP contribution < -0.4 is 14.8 Å². The second kappa shape index (κ2) is 10.8. The molecule has 7 nitrogen and oxygen atoms in total. The van der Waals surface area contributed by atoms with Gasteiger partial charge in [-0.05, 0) is 50.5 Å². The van der Waals surface area contributed by atoms with Crippen molar-refractivity contribution in [2.75, 3.05) is 27.4 Å². The van der Waals surface area contributed by atoms with Crippen LogP contribution in [0.4, 0.5) is 0 Å². The number of carbonyl (C=O) groups is 2. The lowest BCUT2D eigenvalue weighted by Gasteiger charge is -2.19. The molecule has 1 heterocycles. The number of rotatable bonds is 10. The van der Waals surface area contributed by atoms with Gasteiger partial charge in [-0.2, -0.15) is 0 Å². The quantitative estimate of drug-likeness (QED) is 0.357. The van der Waals surface area contributed by atoms with Crippen molar-refractivity contribution in [1.29, 1.82) is 0 Å². The molecule has 1 amide bonds. The van der Waals surface area contributed by atoms with Gasteiger partial charge in [-0.3, -0.25) is 9.59 Å². The Morgan fingerprint density at radius 2 is 1.76 bits per heavy atom. The second-order valence-corrected chi connectivity index (χ2v) is 7.72. The van der Waals surface area contributed by atoms with Crippen molar-refractivity contribution < 1.29 is 24.2 Å². The van der Waals surface area contributed by atoms with E-state index in [0.29, 0.717) is 47.7 Å². The number of hydrogen-bond donors (Lipinski definition) is 2. The topological polar surface area (TPSA) is 89.8 Å². The molecule has 0 aliphatic rings. The number of nitrogens with one attached hydrogen (secondary N) is 1. The molecule has 3 rings (SSSR count). The first kappa shape index (κ1) is 24.1. The zero-order valence-electron chi connectivity index (χ0n) is 19.5. The Hall–Kier alpha value is -3.58. The first-order valence-electron chi connectivity index (χ1n) is 10.9. The summed E-state index contributed by atoms with van der Waals surface area (Å²) >= 11 is 0. The molecule has 0 saturated carbocycles.